The Kier molecular flexibility index (Phi) is 7.37. The first-order valence-electron chi connectivity index (χ1n) is 9.65. The Morgan fingerprint density at radius 1 is 0.968 bits per heavy atom. The van der Waals surface area contributed by atoms with Gasteiger partial charge in [0.25, 0.3) is 5.91 Å². The number of nitrogens with zero attached hydrogens (tertiary/aromatic N) is 1. The summed E-state index contributed by atoms with van der Waals surface area (Å²) in [6.07, 6.45) is 0. The predicted molar refractivity (Wildman–Crippen MR) is 113 cm³/mol. The molecule has 10 heteroatoms. The summed E-state index contributed by atoms with van der Waals surface area (Å²) in [7, 11) is 0.766. The maximum absolute atomic E-state index is 12.9. The molecule has 31 heavy (non-hydrogen) atoms. The van der Waals surface area contributed by atoms with Crippen molar-refractivity contribution in [1.82, 2.24) is 9.62 Å². The summed E-state index contributed by atoms with van der Waals surface area (Å²) in [5.74, 6) is 0.960. The second kappa shape index (κ2) is 9.99. The van der Waals surface area contributed by atoms with E-state index >= 15 is 0 Å². The van der Waals surface area contributed by atoms with E-state index in [1.165, 1.54) is 36.7 Å². The molecule has 1 fully saturated rings. The molecule has 0 aliphatic carbocycles. The molecule has 168 valence electrons. The number of carbonyl (C=O) groups is 1. The highest BCUT2D eigenvalue weighted by atomic mass is 32.2. The molecule has 1 saturated heterocycles. The van der Waals surface area contributed by atoms with Crippen molar-refractivity contribution >= 4 is 15.9 Å². The van der Waals surface area contributed by atoms with Crippen LogP contribution in [0.4, 0.5) is 0 Å². The molecule has 1 N–H and O–H groups in total. The second-order valence-corrected chi connectivity index (χ2v) is 8.69. The third-order valence-corrected chi connectivity index (χ3v) is 6.82. The zero-order valence-electron chi connectivity index (χ0n) is 17.7. The molecule has 3 rings (SSSR count). The van der Waals surface area contributed by atoms with Gasteiger partial charge in [-0.1, -0.05) is 6.07 Å². The number of hydrogen-bond acceptors (Lipinski definition) is 7. The molecule has 0 saturated carbocycles. The minimum Gasteiger partial charge on any atom is -0.496 e. The standard InChI is InChI=1S/C21H26N2O7S/c1-27-18-7-5-16(31(25,26)23-8-10-30-11-9-23)13-17(18)21(24)22-14-15-4-6-19(28-2)20(12-15)29-3/h4-7,12-13H,8-11,14H2,1-3H3,(H,22,24). The van der Waals surface area contributed by atoms with Gasteiger partial charge in [0.2, 0.25) is 10.0 Å². The van der Waals surface area contributed by atoms with Gasteiger partial charge in [-0.05, 0) is 35.9 Å². The fourth-order valence-electron chi connectivity index (χ4n) is 3.23. The van der Waals surface area contributed by atoms with E-state index in [1.807, 2.05) is 0 Å². The Morgan fingerprint density at radius 2 is 1.61 bits per heavy atom. The summed E-state index contributed by atoms with van der Waals surface area (Å²) in [6, 6.07) is 9.57. The van der Waals surface area contributed by atoms with Crippen molar-refractivity contribution in [3.63, 3.8) is 0 Å². The van der Waals surface area contributed by atoms with Gasteiger partial charge in [-0.3, -0.25) is 4.79 Å². The third-order valence-electron chi connectivity index (χ3n) is 4.92. The van der Waals surface area contributed by atoms with Crippen LogP contribution in [0, 0.1) is 0 Å². The Hall–Kier alpha value is -2.82. The van der Waals surface area contributed by atoms with Crippen LogP contribution in [0.15, 0.2) is 41.3 Å². The molecule has 1 aliphatic heterocycles. The third kappa shape index (κ3) is 5.09. The van der Waals surface area contributed by atoms with Gasteiger partial charge in [0.1, 0.15) is 5.75 Å². The average molecular weight is 451 g/mol. The lowest BCUT2D eigenvalue weighted by Crippen LogP contribution is -2.40. The topological polar surface area (TPSA) is 103 Å². The van der Waals surface area contributed by atoms with E-state index in [-0.39, 0.29) is 35.8 Å². The fraction of sp³-hybridized carbons (Fsp3) is 0.381. The van der Waals surface area contributed by atoms with Crippen molar-refractivity contribution in [1.29, 1.82) is 0 Å². The number of methoxy groups -OCH3 is 3. The number of amides is 1. The summed E-state index contributed by atoms with van der Waals surface area (Å²) in [5, 5.41) is 2.79. The van der Waals surface area contributed by atoms with Gasteiger partial charge in [-0.25, -0.2) is 8.42 Å². The van der Waals surface area contributed by atoms with Gasteiger partial charge in [-0.2, -0.15) is 4.31 Å². The summed E-state index contributed by atoms with van der Waals surface area (Å²) in [5.41, 5.74) is 0.930. The SMILES string of the molecule is COc1ccc(CNC(=O)c2cc(S(=O)(=O)N3CCOCC3)ccc2OC)cc1OC. The number of carbonyl (C=O) groups excluding carboxylic acids is 1. The van der Waals surface area contributed by atoms with Gasteiger partial charge >= 0.3 is 0 Å². The first-order valence-corrected chi connectivity index (χ1v) is 11.1. The molecule has 0 bridgehead atoms. The lowest BCUT2D eigenvalue weighted by molar-refractivity contribution is 0.0730. The molecule has 1 heterocycles. The number of hydrogen-bond donors (Lipinski definition) is 1. The van der Waals surface area contributed by atoms with Crippen LogP contribution in [0.2, 0.25) is 0 Å². The summed E-state index contributed by atoms with van der Waals surface area (Å²) < 4.78 is 48.2. The largest absolute Gasteiger partial charge is 0.496 e. The fourth-order valence-corrected chi connectivity index (χ4v) is 4.66. The smallest absolute Gasteiger partial charge is 0.255 e. The van der Waals surface area contributed by atoms with Crippen LogP contribution in [0.3, 0.4) is 0 Å². The van der Waals surface area contributed by atoms with Crippen molar-refractivity contribution in [2.75, 3.05) is 47.6 Å². The van der Waals surface area contributed by atoms with Crippen molar-refractivity contribution in [2.45, 2.75) is 11.4 Å². The van der Waals surface area contributed by atoms with Crippen molar-refractivity contribution in [3.05, 3.63) is 47.5 Å². The van der Waals surface area contributed by atoms with Crippen LogP contribution >= 0.6 is 0 Å². The van der Waals surface area contributed by atoms with Gasteiger partial charge in [0, 0.05) is 19.6 Å². The second-order valence-electron chi connectivity index (χ2n) is 6.75. The molecular formula is C21H26N2O7S. The number of sulfonamides is 1. The molecule has 9 nitrogen and oxygen atoms in total. The van der Waals surface area contributed by atoms with E-state index in [1.54, 1.807) is 25.3 Å². The Bertz CT molecular complexity index is 1030. The summed E-state index contributed by atoms with van der Waals surface area (Å²) in [4.78, 5) is 12.9. The lowest BCUT2D eigenvalue weighted by Gasteiger charge is -2.26. The zero-order chi connectivity index (χ0) is 22.4. The quantitative estimate of drug-likeness (QED) is 0.652. The van der Waals surface area contributed by atoms with Crippen LogP contribution < -0.4 is 19.5 Å². The van der Waals surface area contributed by atoms with Crippen LogP contribution in [0.25, 0.3) is 0 Å². The molecule has 0 unspecified atom stereocenters. The Morgan fingerprint density at radius 3 is 2.26 bits per heavy atom. The molecule has 1 aliphatic rings. The monoisotopic (exact) mass is 450 g/mol. The molecule has 0 aromatic heterocycles. The van der Waals surface area contributed by atoms with Gasteiger partial charge in [0.15, 0.2) is 11.5 Å². The van der Waals surface area contributed by atoms with Crippen LogP contribution in [0.1, 0.15) is 15.9 Å². The highest BCUT2D eigenvalue weighted by Crippen LogP contribution is 2.28. The summed E-state index contributed by atoms with van der Waals surface area (Å²) >= 11 is 0. The number of ether oxygens (including phenoxy) is 4. The number of benzene rings is 2. The molecule has 0 atom stereocenters. The van der Waals surface area contributed by atoms with E-state index in [0.29, 0.717) is 24.7 Å². The van der Waals surface area contributed by atoms with E-state index < -0.39 is 15.9 Å². The van der Waals surface area contributed by atoms with Crippen LogP contribution in [-0.4, -0.2) is 66.3 Å². The first-order chi connectivity index (χ1) is 14.9. The molecule has 0 spiro atoms. The van der Waals surface area contributed by atoms with E-state index in [4.69, 9.17) is 18.9 Å². The Labute approximate surface area is 181 Å². The van der Waals surface area contributed by atoms with Gasteiger partial charge in [-0.15, -0.1) is 0 Å². The highest BCUT2D eigenvalue weighted by molar-refractivity contribution is 7.89. The summed E-state index contributed by atoms with van der Waals surface area (Å²) in [6.45, 7) is 1.44. The number of morpholine rings is 1. The van der Waals surface area contributed by atoms with Crippen LogP contribution in [0.5, 0.6) is 17.2 Å². The van der Waals surface area contributed by atoms with Crippen LogP contribution in [-0.2, 0) is 21.3 Å². The normalized spacial score (nSPS) is 14.7. The maximum Gasteiger partial charge on any atom is 0.255 e. The van der Waals surface area contributed by atoms with E-state index in [9.17, 15) is 13.2 Å². The number of nitrogens with one attached hydrogen (secondary N) is 1. The predicted octanol–water partition coefficient (Wildman–Crippen LogP) is 1.66. The van der Waals surface area contributed by atoms with E-state index in [2.05, 4.69) is 5.32 Å². The van der Waals surface area contributed by atoms with E-state index in [0.717, 1.165) is 5.56 Å². The minimum absolute atomic E-state index is 0.0338. The molecule has 1 amide bonds. The number of rotatable bonds is 8. The Balaban J connectivity index is 1.81. The molecular weight excluding hydrogens is 424 g/mol. The van der Waals surface area contributed by atoms with Crippen molar-refractivity contribution in [3.8, 4) is 17.2 Å². The van der Waals surface area contributed by atoms with Crippen molar-refractivity contribution in [2.24, 2.45) is 0 Å². The zero-order valence-corrected chi connectivity index (χ0v) is 18.5. The minimum atomic E-state index is -3.74. The van der Waals surface area contributed by atoms with Gasteiger partial charge in [0.05, 0.1) is 45.0 Å². The van der Waals surface area contributed by atoms with Crippen molar-refractivity contribution < 1.29 is 32.2 Å². The maximum atomic E-state index is 12.9. The van der Waals surface area contributed by atoms with Gasteiger partial charge < -0.3 is 24.3 Å². The lowest BCUT2D eigenvalue weighted by atomic mass is 10.1. The molecule has 2 aromatic carbocycles. The first kappa shape index (κ1) is 22.9. The molecule has 0 radical (unpaired) electrons. The highest BCUT2D eigenvalue weighted by Gasteiger charge is 2.28. The molecule has 2 aromatic rings. The average Bonchev–Trinajstić information content (AvgIpc) is 2.82.